The molecule has 0 saturated heterocycles. The number of anilines is 1. The zero-order chi connectivity index (χ0) is 18.6. The van der Waals surface area contributed by atoms with Crippen molar-refractivity contribution in [1.29, 1.82) is 0 Å². The molecule has 1 aliphatic rings. The summed E-state index contributed by atoms with van der Waals surface area (Å²) in [5.41, 5.74) is 2.09. The van der Waals surface area contributed by atoms with Gasteiger partial charge in [-0.1, -0.05) is 30.3 Å². The number of rotatable bonds is 5. The van der Waals surface area contributed by atoms with Crippen molar-refractivity contribution in [2.24, 2.45) is 0 Å². The van der Waals surface area contributed by atoms with Crippen molar-refractivity contribution in [3.8, 4) is 11.5 Å². The lowest BCUT2D eigenvalue weighted by Gasteiger charge is -2.30. The molecule has 138 valence electrons. The van der Waals surface area contributed by atoms with Crippen LogP contribution in [0.5, 0.6) is 11.5 Å². The first-order valence-corrected chi connectivity index (χ1v) is 10.1. The number of carbonyl (C=O) groups excluding carboxylic acids is 1. The molecule has 2 atom stereocenters. The Morgan fingerprint density at radius 2 is 1.93 bits per heavy atom. The second-order valence-electron chi connectivity index (χ2n) is 6.82. The molecule has 0 radical (unpaired) electrons. The van der Waals surface area contributed by atoms with E-state index in [1.807, 2.05) is 65.9 Å². The number of carbonyl (C=O) groups is 1. The van der Waals surface area contributed by atoms with E-state index in [2.05, 4.69) is 23.7 Å². The number of hydrogen-bond acceptors (Lipinski definition) is 3. The van der Waals surface area contributed by atoms with E-state index in [-0.39, 0.29) is 5.91 Å². The lowest BCUT2D eigenvalue weighted by Crippen LogP contribution is -3.14. The second kappa shape index (κ2) is 7.94. The molecule has 0 aliphatic carbocycles. The normalized spacial score (nSPS) is 18.6. The van der Waals surface area contributed by atoms with E-state index in [4.69, 9.17) is 4.74 Å². The summed E-state index contributed by atoms with van der Waals surface area (Å²) in [6.07, 6.45) is 1.05. The van der Waals surface area contributed by atoms with Crippen LogP contribution in [0.15, 0.2) is 66.0 Å². The molecule has 1 unspecified atom stereocenters. The second-order valence-corrected chi connectivity index (χ2v) is 7.82. The van der Waals surface area contributed by atoms with Crippen LogP contribution in [0.1, 0.15) is 23.4 Å². The number of fused-ring (bicyclic) bond motifs is 1. The van der Waals surface area contributed by atoms with Crippen LogP contribution in [0.4, 0.5) is 5.69 Å². The van der Waals surface area contributed by atoms with E-state index in [0.717, 1.165) is 18.7 Å². The molecule has 1 aliphatic heterocycles. The fraction of sp³-hybridized carbons (Fsp3) is 0.227. The maximum Gasteiger partial charge on any atom is 0.279 e. The van der Waals surface area contributed by atoms with Crippen LogP contribution < -0.4 is 15.0 Å². The van der Waals surface area contributed by atoms with Gasteiger partial charge in [0.15, 0.2) is 12.3 Å². The highest BCUT2D eigenvalue weighted by atomic mass is 32.1. The standard InChI is InChI=1S/C22H22N2O2S/c1-16-18-12-14-27-21(18)11-13-24(16)15-22(25)23-19-9-5-6-10-20(19)26-17-7-3-2-4-8-17/h2-10,12,14,16H,11,13,15H2,1H3,(H,23,25)/p+1/t16-/m0/s1. The molecule has 5 heteroatoms. The SMILES string of the molecule is C[C@H]1c2ccsc2CC[NH+]1CC(=O)Nc1ccccc1Oc1ccccc1. The predicted molar refractivity (Wildman–Crippen MR) is 109 cm³/mol. The molecule has 1 aromatic heterocycles. The van der Waals surface area contributed by atoms with Crippen LogP contribution >= 0.6 is 11.3 Å². The number of benzene rings is 2. The smallest absolute Gasteiger partial charge is 0.279 e. The van der Waals surface area contributed by atoms with Gasteiger partial charge in [-0.2, -0.15) is 0 Å². The van der Waals surface area contributed by atoms with Crippen LogP contribution in [0.25, 0.3) is 0 Å². The fourth-order valence-corrected chi connectivity index (χ4v) is 4.55. The van der Waals surface area contributed by atoms with Gasteiger partial charge in [-0.25, -0.2) is 0 Å². The highest BCUT2D eigenvalue weighted by Crippen LogP contribution is 2.29. The third-order valence-corrected chi connectivity index (χ3v) is 6.05. The first kappa shape index (κ1) is 17.8. The minimum atomic E-state index is 0.0136. The molecule has 0 saturated carbocycles. The number of ether oxygens (including phenoxy) is 1. The molecule has 4 rings (SSSR count). The maximum atomic E-state index is 12.7. The van der Waals surface area contributed by atoms with Gasteiger partial charge in [-0.15, -0.1) is 11.3 Å². The molecular formula is C22H23N2O2S+. The Bertz CT molecular complexity index is 923. The summed E-state index contributed by atoms with van der Waals surface area (Å²) < 4.78 is 5.94. The van der Waals surface area contributed by atoms with E-state index >= 15 is 0 Å². The molecule has 0 spiro atoms. The van der Waals surface area contributed by atoms with Gasteiger partial charge in [0.2, 0.25) is 0 Å². The van der Waals surface area contributed by atoms with Crippen LogP contribution in [0, 0.1) is 0 Å². The summed E-state index contributed by atoms with van der Waals surface area (Å²) >= 11 is 1.83. The zero-order valence-corrected chi connectivity index (χ0v) is 16.1. The minimum absolute atomic E-state index is 0.0136. The summed E-state index contributed by atoms with van der Waals surface area (Å²) in [6, 6.07) is 19.7. The minimum Gasteiger partial charge on any atom is -0.455 e. The van der Waals surface area contributed by atoms with Crippen molar-refractivity contribution in [2.75, 3.05) is 18.4 Å². The van der Waals surface area contributed by atoms with Gasteiger partial charge in [0.1, 0.15) is 11.8 Å². The monoisotopic (exact) mass is 379 g/mol. The first-order valence-electron chi connectivity index (χ1n) is 9.23. The molecule has 2 N–H and O–H groups in total. The third-order valence-electron chi connectivity index (χ3n) is 5.05. The predicted octanol–water partition coefficient (Wildman–Crippen LogP) is 3.68. The summed E-state index contributed by atoms with van der Waals surface area (Å²) in [5.74, 6) is 1.41. The van der Waals surface area contributed by atoms with Crippen LogP contribution in [-0.4, -0.2) is 19.0 Å². The largest absolute Gasteiger partial charge is 0.455 e. The Balaban J connectivity index is 1.43. The van der Waals surface area contributed by atoms with Crippen LogP contribution in [0.3, 0.4) is 0 Å². The van der Waals surface area contributed by atoms with Crippen LogP contribution in [0.2, 0.25) is 0 Å². The Hall–Kier alpha value is -2.63. The van der Waals surface area contributed by atoms with E-state index < -0.39 is 0 Å². The van der Waals surface area contributed by atoms with Crippen LogP contribution in [-0.2, 0) is 11.2 Å². The molecule has 1 amide bonds. The quantitative estimate of drug-likeness (QED) is 0.710. The summed E-state index contributed by atoms with van der Waals surface area (Å²) in [6.45, 7) is 3.65. The van der Waals surface area contributed by atoms with Gasteiger partial charge >= 0.3 is 0 Å². The number of nitrogens with one attached hydrogen (secondary N) is 2. The van der Waals surface area contributed by atoms with Gasteiger partial charge < -0.3 is 15.0 Å². The highest BCUT2D eigenvalue weighted by molar-refractivity contribution is 7.10. The summed E-state index contributed by atoms with van der Waals surface area (Å²) in [4.78, 5) is 15.5. The van der Waals surface area contributed by atoms with Crippen molar-refractivity contribution in [2.45, 2.75) is 19.4 Å². The molecule has 2 heterocycles. The van der Waals surface area contributed by atoms with Gasteiger partial charge in [-0.3, -0.25) is 4.79 Å². The first-order chi connectivity index (χ1) is 13.2. The van der Waals surface area contributed by atoms with Gasteiger partial charge in [0.25, 0.3) is 5.91 Å². The molecular weight excluding hydrogens is 356 g/mol. The summed E-state index contributed by atoms with van der Waals surface area (Å²) in [5, 5.41) is 5.19. The number of amides is 1. The zero-order valence-electron chi connectivity index (χ0n) is 15.3. The van der Waals surface area contributed by atoms with Crippen molar-refractivity contribution < 1.29 is 14.4 Å². The number of hydrogen-bond donors (Lipinski definition) is 2. The highest BCUT2D eigenvalue weighted by Gasteiger charge is 2.29. The molecule has 3 aromatic rings. The number of quaternary nitrogens is 1. The van der Waals surface area contributed by atoms with Crippen molar-refractivity contribution in [1.82, 2.24) is 0 Å². The van der Waals surface area contributed by atoms with Crippen molar-refractivity contribution in [3.05, 3.63) is 76.5 Å². The molecule has 2 aromatic carbocycles. The van der Waals surface area contributed by atoms with E-state index in [1.54, 1.807) is 0 Å². The van der Waals surface area contributed by atoms with Gasteiger partial charge in [0, 0.05) is 16.9 Å². The Morgan fingerprint density at radius 3 is 2.78 bits per heavy atom. The lowest BCUT2D eigenvalue weighted by molar-refractivity contribution is -0.923. The van der Waals surface area contributed by atoms with Gasteiger partial charge in [-0.05, 0) is 42.6 Å². The van der Waals surface area contributed by atoms with E-state index in [1.165, 1.54) is 15.3 Å². The van der Waals surface area contributed by atoms with E-state index in [9.17, 15) is 4.79 Å². The van der Waals surface area contributed by atoms with Crippen molar-refractivity contribution >= 4 is 22.9 Å². The average molecular weight is 380 g/mol. The molecule has 0 bridgehead atoms. The third kappa shape index (κ3) is 4.04. The lowest BCUT2D eigenvalue weighted by atomic mass is 10.0. The fourth-order valence-electron chi connectivity index (χ4n) is 3.57. The number of thiophene rings is 1. The Morgan fingerprint density at radius 1 is 1.15 bits per heavy atom. The molecule has 4 nitrogen and oxygen atoms in total. The Kier molecular flexibility index (Phi) is 5.23. The summed E-state index contributed by atoms with van der Waals surface area (Å²) in [7, 11) is 0. The van der Waals surface area contributed by atoms with Gasteiger partial charge in [0.05, 0.1) is 12.2 Å². The average Bonchev–Trinajstić information content (AvgIpc) is 3.16. The topological polar surface area (TPSA) is 42.8 Å². The Labute approximate surface area is 163 Å². The molecule has 0 fully saturated rings. The maximum absolute atomic E-state index is 12.7. The number of para-hydroxylation sites is 3. The van der Waals surface area contributed by atoms with E-state index in [0.29, 0.717) is 24.0 Å². The van der Waals surface area contributed by atoms with Crippen molar-refractivity contribution in [3.63, 3.8) is 0 Å². The molecule has 27 heavy (non-hydrogen) atoms.